The van der Waals surface area contributed by atoms with Crippen LogP contribution in [0.2, 0.25) is 0 Å². The quantitative estimate of drug-likeness (QED) is 0.206. The number of carboxylic acid groups (broad SMARTS) is 1. The summed E-state index contributed by atoms with van der Waals surface area (Å²) in [5.41, 5.74) is 0. The second-order valence-corrected chi connectivity index (χ2v) is 9.02. The molecule has 0 aromatic heterocycles. The van der Waals surface area contributed by atoms with Gasteiger partial charge in [0.15, 0.2) is 0 Å². The van der Waals surface area contributed by atoms with E-state index in [4.69, 9.17) is 5.11 Å². The van der Waals surface area contributed by atoms with Gasteiger partial charge in [-0.05, 0) is 25.7 Å². The zero-order valence-corrected chi connectivity index (χ0v) is 18.6. The van der Waals surface area contributed by atoms with Crippen LogP contribution in [0.15, 0.2) is 0 Å². The Bertz CT molecular complexity index is 345. The van der Waals surface area contributed by atoms with Crippen LogP contribution in [-0.4, -0.2) is 54.0 Å². The fraction of sp³-hybridized carbons (Fsp3) is 0.957. The van der Waals surface area contributed by atoms with Gasteiger partial charge in [0.1, 0.15) is 12.6 Å². The van der Waals surface area contributed by atoms with Crippen molar-refractivity contribution in [2.24, 2.45) is 0 Å². The molecule has 0 aliphatic heterocycles. The lowest BCUT2D eigenvalue weighted by atomic mass is 10.0. The van der Waals surface area contributed by atoms with E-state index in [1.165, 1.54) is 64.2 Å². The molecular formula is C23H48NO3+. The molecule has 0 aliphatic carbocycles. The molecule has 0 fully saturated rings. The number of nitrogens with zero attached hydrogens (tertiary/aromatic N) is 1. The Morgan fingerprint density at radius 1 is 0.778 bits per heavy atom. The molecule has 0 spiro atoms. The number of hydrogen-bond donors (Lipinski definition) is 2. The van der Waals surface area contributed by atoms with Crippen molar-refractivity contribution in [3.63, 3.8) is 0 Å². The number of quaternary nitrogens is 1. The zero-order chi connectivity index (χ0) is 20.4. The number of aliphatic carboxylic acids is 1. The highest BCUT2D eigenvalue weighted by Crippen LogP contribution is 2.14. The number of likely N-dealkylation sites (N-methyl/N-ethyl adjacent to an activating group) is 1. The van der Waals surface area contributed by atoms with Crippen molar-refractivity contribution in [2.75, 3.05) is 27.2 Å². The Hall–Kier alpha value is -0.610. The van der Waals surface area contributed by atoms with Crippen LogP contribution in [-0.2, 0) is 4.79 Å². The molecule has 0 aromatic rings. The first-order chi connectivity index (χ1) is 12.9. The summed E-state index contributed by atoms with van der Waals surface area (Å²) in [4.78, 5) is 10.5. The molecule has 0 saturated carbocycles. The van der Waals surface area contributed by atoms with E-state index in [1.807, 2.05) is 0 Å². The molecule has 1 unspecified atom stereocenters. The molecule has 0 aliphatic rings. The highest BCUT2D eigenvalue weighted by molar-refractivity contribution is 5.66. The third kappa shape index (κ3) is 19.9. The largest absolute Gasteiger partial charge is 0.481 e. The van der Waals surface area contributed by atoms with Gasteiger partial charge >= 0.3 is 5.97 Å². The highest BCUT2D eigenvalue weighted by atomic mass is 16.4. The molecule has 4 heteroatoms. The second-order valence-electron chi connectivity index (χ2n) is 9.02. The average Bonchev–Trinajstić information content (AvgIpc) is 2.58. The van der Waals surface area contributed by atoms with Gasteiger partial charge in [-0.3, -0.25) is 4.79 Å². The van der Waals surface area contributed by atoms with E-state index in [0.29, 0.717) is 0 Å². The Labute approximate surface area is 168 Å². The van der Waals surface area contributed by atoms with Crippen molar-refractivity contribution in [2.45, 2.75) is 116 Å². The Balaban J connectivity index is 3.50. The first-order valence-electron chi connectivity index (χ1n) is 11.6. The van der Waals surface area contributed by atoms with Gasteiger partial charge < -0.3 is 14.7 Å². The Morgan fingerprint density at radius 3 is 1.78 bits per heavy atom. The first kappa shape index (κ1) is 26.4. The molecule has 1 atom stereocenters. The topological polar surface area (TPSA) is 57.5 Å². The summed E-state index contributed by atoms with van der Waals surface area (Å²) >= 11 is 0. The average molecular weight is 387 g/mol. The summed E-state index contributed by atoms with van der Waals surface area (Å²) in [5, 5.41) is 19.0. The van der Waals surface area contributed by atoms with E-state index in [-0.39, 0.29) is 12.5 Å². The summed E-state index contributed by atoms with van der Waals surface area (Å²) < 4.78 is 0.826. The molecule has 2 N–H and O–H groups in total. The fourth-order valence-electron chi connectivity index (χ4n) is 3.79. The number of aliphatic hydroxyl groups is 1. The van der Waals surface area contributed by atoms with Gasteiger partial charge in [0.2, 0.25) is 0 Å². The van der Waals surface area contributed by atoms with Crippen molar-refractivity contribution in [3.05, 3.63) is 0 Å². The number of unbranched alkanes of at least 4 members (excludes halogenated alkanes) is 12. The van der Waals surface area contributed by atoms with Gasteiger partial charge in [0, 0.05) is 6.42 Å². The minimum absolute atomic E-state index is 0.211. The summed E-state index contributed by atoms with van der Waals surface area (Å²) in [6.07, 6.45) is 18.5. The first-order valence-corrected chi connectivity index (χ1v) is 11.6. The van der Waals surface area contributed by atoms with Gasteiger partial charge in [-0.15, -0.1) is 0 Å². The maximum Gasteiger partial charge on any atom is 0.303 e. The number of carboxylic acids is 1. The van der Waals surface area contributed by atoms with Crippen LogP contribution in [0.25, 0.3) is 0 Å². The SMILES string of the molecule is CCCCCCCCCCCCCC(O)C[N+](C)(C)CCCCCC(=O)O. The molecular weight excluding hydrogens is 338 g/mol. The highest BCUT2D eigenvalue weighted by Gasteiger charge is 2.19. The zero-order valence-electron chi connectivity index (χ0n) is 18.6. The van der Waals surface area contributed by atoms with Crippen molar-refractivity contribution in [3.8, 4) is 0 Å². The maximum atomic E-state index is 10.5. The number of rotatable bonds is 20. The van der Waals surface area contributed by atoms with E-state index in [0.717, 1.165) is 49.7 Å². The van der Waals surface area contributed by atoms with Gasteiger partial charge in [0.25, 0.3) is 0 Å². The number of carbonyl (C=O) groups is 1. The molecule has 0 radical (unpaired) electrons. The standard InChI is InChI=1S/C23H47NO3/c1-4-5-6-7-8-9-10-11-12-13-15-18-22(25)21-24(2,3)20-17-14-16-19-23(26)27/h22,25H,4-21H2,1-3H3/p+1. The maximum absolute atomic E-state index is 10.5. The van der Waals surface area contributed by atoms with Crippen molar-refractivity contribution in [1.29, 1.82) is 0 Å². The number of aliphatic hydroxyl groups excluding tert-OH is 1. The third-order valence-corrected chi connectivity index (χ3v) is 5.50. The molecule has 0 heterocycles. The van der Waals surface area contributed by atoms with E-state index in [1.54, 1.807) is 0 Å². The van der Waals surface area contributed by atoms with Gasteiger partial charge in [0.05, 0.1) is 20.6 Å². The lowest BCUT2D eigenvalue weighted by Crippen LogP contribution is -2.46. The van der Waals surface area contributed by atoms with Crippen LogP contribution in [0, 0.1) is 0 Å². The third-order valence-electron chi connectivity index (χ3n) is 5.50. The van der Waals surface area contributed by atoms with E-state index in [2.05, 4.69) is 21.0 Å². The van der Waals surface area contributed by atoms with Gasteiger partial charge in [-0.1, -0.05) is 77.6 Å². The van der Waals surface area contributed by atoms with E-state index >= 15 is 0 Å². The normalized spacial score (nSPS) is 13.0. The molecule has 162 valence electrons. The monoisotopic (exact) mass is 386 g/mol. The van der Waals surface area contributed by atoms with Crippen molar-refractivity contribution < 1.29 is 19.5 Å². The lowest BCUT2D eigenvalue weighted by Gasteiger charge is -2.32. The smallest absolute Gasteiger partial charge is 0.303 e. The van der Waals surface area contributed by atoms with E-state index < -0.39 is 5.97 Å². The van der Waals surface area contributed by atoms with Gasteiger partial charge in [-0.25, -0.2) is 0 Å². The second kappa shape index (κ2) is 17.5. The Kier molecular flexibility index (Phi) is 17.1. The molecule has 0 aromatic carbocycles. The van der Waals surface area contributed by atoms with Crippen LogP contribution < -0.4 is 0 Å². The van der Waals surface area contributed by atoms with E-state index in [9.17, 15) is 9.90 Å². The van der Waals surface area contributed by atoms with Crippen LogP contribution in [0.1, 0.15) is 110 Å². The van der Waals surface area contributed by atoms with Crippen LogP contribution in [0.4, 0.5) is 0 Å². The minimum atomic E-state index is -0.703. The van der Waals surface area contributed by atoms with Crippen molar-refractivity contribution in [1.82, 2.24) is 0 Å². The van der Waals surface area contributed by atoms with Crippen LogP contribution in [0.5, 0.6) is 0 Å². The molecule has 27 heavy (non-hydrogen) atoms. The Morgan fingerprint density at radius 2 is 1.26 bits per heavy atom. The predicted molar refractivity (Wildman–Crippen MR) is 115 cm³/mol. The van der Waals surface area contributed by atoms with Gasteiger partial charge in [-0.2, -0.15) is 0 Å². The van der Waals surface area contributed by atoms with Crippen LogP contribution >= 0.6 is 0 Å². The summed E-state index contributed by atoms with van der Waals surface area (Å²) in [6.45, 7) is 4.08. The van der Waals surface area contributed by atoms with Crippen LogP contribution in [0.3, 0.4) is 0 Å². The number of hydrogen-bond acceptors (Lipinski definition) is 2. The fourth-order valence-corrected chi connectivity index (χ4v) is 3.79. The molecule has 0 rings (SSSR count). The lowest BCUT2D eigenvalue weighted by molar-refractivity contribution is -0.893. The molecule has 0 amide bonds. The molecule has 0 saturated heterocycles. The minimum Gasteiger partial charge on any atom is -0.481 e. The molecule has 0 bridgehead atoms. The predicted octanol–water partition coefficient (Wildman–Crippen LogP) is 5.77. The summed E-state index contributed by atoms with van der Waals surface area (Å²) in [7, 11) is 4.34. The summed E-state index contributed by atoms with van der Waals surface area (Å²) in [5.74, 6) is -0.703. The summed E-state index contributed by atoms with van der Waals surface area (Å²) in [6, 6.07) is 0. The van der Waals surface area contributed by atoms with Crippen molar-refractivity contribution >= 4 is 5.97 Å². The molecule has 4 nitrogen and oxygen atoms in total.